The van der Waals surface area contributed by atoms with Gasteiger partial charge in [-0.2, -0.15) is 0 Å². The molecule has 4 aromatic rings. The van der Waals surface area contributed by atoms with Gasteiger partial charge in [-0.15, -0.1) is 0 Å². The number of imide groups is 1. The molecular weight excluding hydrogens is 435 g/mol. The molecule has 0 spiro atoms. The lowest BCUT2D eigenvalue weighted by Crippen LogP contribution is -2.42. The molecule has 1 aliphatic rings. The summed E-state index contributed by atoms with van der Waals surface area (Å²) >= 11 is 0. The van der Waals surface area contributed by atoms with Gasteiger partial charge in [-0.3, -0.25) is 14.9 Å². The molecule has 1 aliphatic heterocycles. The number of nitrogens with one attached hydrogen (secondary N) is 3. The fourth-order valence-corrected chi connectivity index (χ4v) is 4.39. The number of para-hydroxylation sites is 1. The monoisotopic (exact) mass is 456 g/mol. The third-order valence-corrected chi connectivity index (χ3v) is 6.06. The van der Waals surface area contributed by atoms with Gasteiger partial charge >= 0.3 is 6.03 Å². The molecule has 0 bridgehead atoms. The molecule has 0 saturated heterocycles. The van der Waals surface area contributed by atoms with E-state index in [1.165, 1.54) is 12.1 Å². The number of urea groups is 1. The minimum absolute atomic E-state index is 0.161. The molecule has 7 nitrogen and oxygen atoms in total. The van der Waals surface area contributed by atoms with Crippen molar-refractivity contribution >= 4 is 29.3 Å². The topological polar surface area (TPSA) is 94.3 Å². The number of carbonyl (C=O) groups excluding carboxylic acids is 3. The van der Waals surface area contributed by atoms with Crippen molar-refractivity contribution in [3.8, 4) is 11.1 Å². The van der Waals surface area contributed by atoms with Crippen LogP contribution in [0.5, 0.6) is 0 Å². The summed E-state index contributed by atoms with van der Waals surface area (Å²) in [4.78, 5) is 40.5. The summed E-state index contributed by atoms with van der Waals surface area (Å²) in [6.07, 6.45) is 2.25. The van der Waals surface area contributed by atoms with E-state index in [1.807, 2.05) is 54.7 Å². The minimum atomic E-state index is -0.670. The van der Waals surface area contributed by atoms with Crippen LogP contribution < -0.4 is 10.6 Å². The van der Waals surface area contributed by atoms with Crippen LogP contribution in [0.25, 0.3) is 22.0 Å². The molecule has 0 radical (unpaired) electrons. The Morgan fingerprint density at radius 2 is 1.88 bits per heavy atom. The first-order valence-corrected chi connectivity index (χ1v) is 10.8. The van der Waals surface area contributed by atoms with Crippen molar-refractivity contribution < 1.29 is 18.8 Å². The third kappa shape index (κ3) is 4.01. The van der Waals surface area contributed by atoms with Crippen LogP contribution in [0.4, 0.5) is 9.18 Å². The number of aromatic nitrogens is 1. The number of carbonyl (C=O) groups is 3. The second-order valence-electron chi connectivity index (χ2n) is 8.15. The van der Waals surface area contributed by atoms with Gasteiger partial charge < -0.3 is 15.2 Å². The Labute approximate surface area is 194 Å². The molecule has 0 saturated carbocycles. The number of hydrogen-bond acceptors (Lipinski definition) is 3. The smallest absolute Gasteiger partial charge is 0.321 e. The van der Waals surface area contributed by atoms with Gasteiger partial charge in [0.15, 0.2) is 0 Å². The van der Waals surface area contributed by atoms with E-state index in [0.29, 0.717) is 18.5 Å². The quantitative estimate of drug-likeness (QED) is 0.381. The molecule has 4 amide bonds. The maximum atomic E-state index is 13.6. The highest BCUT2D eigenvalue weighted by atomic mass is 19.1. The van der Waals surface area contributed by atoms with Crippen LogP contribution in [0.3, 0.4) is 0 Å². The molecule has 1 atom stereocenters. The molecule has 5 rings (SSSR count). The van der Waals surface area contributed by atoms with E-state index in [4.69, 9.17) is 0 Å². The highest BCUT2D eigenvalue weighted by Gasteiger charge is 2.30. The number of aromatic amines is 1. The standard InChI is InChI=1S/C26H21FN4O3/c27-19-10-9-18-13-31(25(33)21(18)11-19)14-24(30-26(34)29-15-32)17-7-5-16(6-8-17)22-12-28-23-4-2-1-3-20(22)23/h1-12,15,24,28H,13-14H2,(H2,29,30,32,34)/t24-/m0/s1. The maximum Gasteiger partial charge on any atom is 0.321 e. The van der Waals surface area contributed by atoms with Crippen LogP contribution in [0, 0.1) is 5.82 Å². The van der Waals surface area contributed by atoms with Crippen LogP contribution >= 0.6 is 0 Å². The first kappa shape index (κ1) is 21.4. The van der Waals surface area contributed by atoms with Crippen molar-refractivity contribution in [2.45, 2.75) is 12.6 Å². The molecule has 2 heterocycles. The molecule has 0 fully saturated rings. The Hall–Kier alpha value is -4.46. The first-order valence-electron chi connectivity index (χ1n) is 10.8. The molecular formula is C26H21FN4O3. The van der Waals surface area contributed by atoms with E-state index >= 15 is 0 Å². The minimum Gasteiger partial charge on any atom is -0.361 e. The van der Waals surface area contributed by atoms with E-state index in [9.17, 15) is 18.8 Å². The summed E-state index contributed by atoms with van der Waals surface area (Å²) in [6.45, 7) is 0.475. The normalized spacial score (nSPS) is 13.6. The number of nitrogens with zero attached hydrogens (tertiary/aromatic N) is 1. The summed E-state index contributed by atoms with van der Waals surface area (Å²) in [5.74, 6) is -0.769. The van der Waals surface area contributed by atoms with E-state index in [-0.39, 0.29) is 12.5 Å². The number of amides is 4. The van der Waals surface area contributed by atoms with Gasteiger partial charge in [0, 0.05) is 41.3 Å². The Morgan fingerprint density at radius 3 is 2.68 bits per heavy atom. The van der Waals surface area contributed by atoms with Crippen molar-refractivity contribution in [1.82, 2.24) is 20.5 Å². The average molecular weight is 456 g/mol. The number of halogens is 1. The summed E-state index contributed by atoms with van der Waals surface area (Å²) in [5.41, 5.74) is 4.91. The van der Waals surface area contributed by atoms with Crippen molar-refractivity contribution in [3.05, 3.63) is 95.4 Å². The predicted octanol–water partition coefficient (Wildman–Crippen LogP) is 4.13. The lowest BCUT2D eigenvalue weighted by atomic mass is 10.00. The molecule has 8 heteroatoms. The fourth-order valence-electron chi connectivity index (χ4n) is 4.39. The summed E-state index contributed by atoms with van der Waals surface area (Å²) in [6, 6.07) is 18.6. The summed E-state index contributed by atoms with van der Waals surface area (Å²) in [5, 5.41) is 5.92. The van der Waals surface area contributed by atoms with Gasteiger partial charge in [-0.25, -0.2) is 9.18 Å². The van der Waals surface area contributed by atoms with Crippen LogP contribution in [-0.2, 0) is 11.3 Å². The lowest BCUT2D eigenvalue weighted by molar-refractivity contribution is -0.108. The van der Waals surface area contributed by atoms with E-state index < -0.39 is 17.9 Å². The largest absolute Gasteiger partial charge is 0.361 e. The second-order valence-corrected chi connectivity index (χ2v) is 8.15. The highest BCUT2D eigenvalue weighted by molar-refractivity contribution is 5.98. The third-order valence-electron chi connectivity index (χ3n) is 6.06. The number of H-pyrrole nitrogens is 1. The van der Waals surface area contributed by atoms with Gasteiger partial charge in [0.2, 0.25) is 6.41 Å². The molecule has 34 heavy (non-hydrogen) atoms. The maximum absolute atomic E-state index is 13.6. The van der Waals surface area contributed by atoms with Gasteiger partial charge in [-0.1, -0.05) is 48.5 Å². The summed E-state index contributed by atoms with van der Waals surface area (Å²) < 4.78 is 13.6. The number of benzene rings is 3. The van der Waals surface area contributed by atoms with Crippen molar-refractivity contribution in [1.29, 1.82) is 0 Å². The molecule has 0 unspecified atom stereocenters. The predicted molar refractivity (Wildman–Crippen MR) is 125 cm³/mol. The van der Waals surface area contributed by atoms with Crippen molar-refractivity contribution in [2.24, 2.45) is 0 Å². The van der Waals surface area contributed by atoms with Gasteiger partial charge in [-0.05, 0) is 34.9 Å². The van der Waals surface area contributed by atoms with E-state index in [1.54, 1.807) is 11.0 Å². The zero-order valence-electron chi connectivity index (χ0n) is 18.0. The lowest BCUT2D eigenvalue weighted by Gasteiger charge is -2.25. The van der Waals surface area contributed by atoms with Gasteiger partial charge in [0.25, 0.3) is 5.91 Å². The molecule has 170 valence electrons. The second kappa shape index (κ2) is 8.82. The van der Waals surface area contributed by atoms with Crippen molar-refractivity contribution in [2.75, 3.05) is 6.54 Å². The Bertz CT molecular complexity index is 1400. The SMILES string of the molecule is O=CNC(=O)N[C@@H](CN1Cc2ccc(F)cc2C1=O)c1ccc(-c2c[nH]c3ccccc23)cc1. The average Bonchev–Trinajstić information content (AvgIpc) is 3.40. The zero-order chi connectivity index (χ0) is 23.7. The van der Waals surface area contributed by atoms with Crippen LogP contribution in [0.2, 0.25) is 0 Å². The Kier molecular flexibility index (Phi) is 5.55. The van der Waals surface area contributed by atoms with Crippen molar-refractivity contribution in [3.63, 3.8) is 0 Å². The molecule has 3 N–H and O–H groups in total. The van der Waals surface area contributed by atoms with Gasteiger partial charge in [0.05, 0.1) is 6.04 Å². The highest BCUT2D eigenvalue weighted by Crippen LogP contribution is 2.30. The fraction of sp³-hybridized carbons (Fsp3) is 0.115. The number of fused-ring (bicyclic) bond motifs is 2. The molecule has 1 aromatic heterocycles. The molecule has 3 aromatic carbocycles. The van der Waals surface area contributed by atoms with E-state index in [2.05, 4.69) is 15.6 Å². The first-order chi connectivity index (χ1) is 16.5. The molecule has 0 aliphatic carbocycles. The Balaban J connectivity index is 1.41. The van der Waals surface area contributed by atoms with Crippen LogP contribution in [-0.4, -0.2) is 34.8 Å². The van der Waals surface area contributed by atoms with Gasteiger partial charge in [0.1, 0.15) is 5.82 Å². The number of rotatable bonds is 6. The Morgan fingerprint density at radius 1 is 1.09 bits per heavy atom. The number of hydrogen-bond donors (Lipinski definition) is 3. The van der Waals surface area contributed by atoms with E-state index in [0.717, 1.165) is 33.2 Å². The van der Waals surface area contributed by atoms with Crippen LogP contribution in [0.1, 0.15) is 27.5 Å². The van der Waals surface area contributed by atoms with Crippen LogP contribution in [0.15, 0.2) is 72.9 Å². The summed E-state index contributed by atoms with van der Waals surface area (Å²) in [7, 11) is 0. The zero-order valence-corrected chi connectivity index (χ0v) is 18.0.